The Morgan fingerprint density at radius 1 is 1.11 bits per heavy atom. The van der Waals surface area contributed by atoms with Crippen LogP contribution in [0.5, 0.6) is 0 Å². The van der Waals surface area contributed by atoms with Crippen LogP contribution in [0, 0.1) is 13.8 Å². The Bertz CT molecular complexity index is 1420. The SMILES string of the molecule is Cc1ccc(NC(=O)CCN2C(=S)N[C@@H](c3ccccn3)[C@@H]2c2ccc(-c3cc(Cl)ccc3C)o2)cc1. The molecule has 1 fully saturated rings. The van der Waals surface area contributed by atoms with Gasteiger partial charge in [0.25, 0.3) is 0 Å². The molecule has 0 bridgehead atoms. The van der Waals surface area contributed by atoms with Crippen molar-refractivity contribution in [3.8, 4) is 11.3 Å². The number of nitrogens with zero attached hydrogens (tertiary/aromatic N) is 2. The van der Waals surface area contributed by atoms with Gasteiger partial charge in [-0.25, -0.2) is 0 Å². The first-order valence-corrected chi connectivity index (χ1v) is 12.9. The third-order valence-corrected chi connectivity index (χ3v) is 7.08. The van der Waals surface area contributed by atoms with Gasteiger partial charge in [-0.15, -0.1) is 0 Å². The second kappa shape index (κ2) is 10.7. The fourth-order valence-electron chi connectivity index (χ4n) is 4.55. The molecule has 2 atom stereocenters. The number of pyridine rings is 1. The maximum absolute atomic E-state index is 12.8. The minimum atomic E-state index is -0.275. The third-order valence-electron chi connectivity index (χ3n) is 6.50. The summed E-state index contributed by atoms with van der Waals surface area (Å²) in [4.78, 5) is 19.3. The molecule has 1 aliphatic rings. The molecule has 4 aromatic rings. The molecule has 0 unspecified atom stereocenters. The van der Waals surface area contributed by atoms with Crippen LogP contribution >= 0.6 is 23.8 Å². The topological polar surface area (TPSA) is 70.4 Å². The standard InChI is InChI=1S/C29H27ClN4O2S/c1-18-6-10-21(11-7-18)32-26(35)14-16-34-28(27(33-29(34)37)23-5-3-4-15-31-23)25-13-12-24(36-25)22-17-20(30)9-8-19(22)2/h3-13,15,17,27-28H,14,16H2,1-2H3,(H,32,35)(H,33,37)/t27-,28-/m0/s1. The van der Waals surface area contributed by atoms with Crippen LogP contribution in [0.25, 0.3) is 11.3 Å². The lowest BCUT2D eigenvalue weighted by Crippen LogP contribution is -2.32. The number of thiocarbonyl (C=S) groups is 1. The van der Waals surface area contributed by atoms with Crippen LogP contribution in [-0.4, -0.2) is 27.4 Å². The molecule has 0 spiro atoms. The molecule has 1 aliphatic heterocycles. The molecule has 5 rings (SSSR count). The number of rotatable bonds is 7. The summed E-state index contributed by atoms with van der Waals surface area (Å²) in [5, 5.41) is 7.57. The van der Waals surface area contributed by atoms with Crippen LogP contribution in [0.4, 0.5) is 5.69 Å². The number of nitrogens with one attached hydrogen (secondary N) is 2. The Hall–Kier alpha value is -3.68. The largest absolute Gasteiger partial charge is 0.459 e. The lowest BCUT2D eigenvalue weighted by molar-refractivity contribution is -0.116. The van der Waals surface area contributed by atoms with Gasteiger partial charge in [0.1, 0.15) is 17.6 Å². The molecule has 188 valence electrons. The summed E-state index contributed by atoms with van der Waals surface area (Å²) >= 11 is 12.0. The average molecular weight is 531 g/mol. The molecule has 8 heteroatoms. The second-order valence-electron chi connectivity index (χ2n) is 9.15. The van der Waals surface area contributed by atoms with E-state index in [-0.39, 0.29) is 24.4 Å². The number of hydrogen-bond donors (Lipinski definition) is 2. The van der Waals surface area contributed by atoms with E-state index in [1.165, 1.54) is 0 Å². The van der Waals surface area contributed by atoms with E-state index >= 15 is 0 Å². The fraction of sp³-hybridized carbons (Fsp3) is 0.207. The highest BCUT2D eigenvalue weighted by Crippen LogP contribution is 2.41. The maximum atomic E-state index is 12.8. The van der Waals surface area contributed by atoms with Crippen molar-refractivity contribution in [1.82, 2.24) is 15.2 Å². The maximum Gasteiger partial charge on any atom is 0.226 e. The quantitative estimate of drug-likeness (QED) is 0.262. The van der Waals surface area contributed by atoms with Crippen LogP contribution in [0.3, 0.4) is 0 Å². The summed E-state index contributed by atoms with van der Waals surface area (Å²) in [5.41, 5.74) is 4.76. The predicted molar refractivity (Wildman–Crippen MR) is 150 cm³/mol. The van der Waals surface area contributed by atoms with Crippen molar-refractivity contribution in [2.45, 2.75) is 32.4 Å². The Kier molecular flexibility index (Phi) is 7.26. The molecule has 37 heavy (non-hydrogen) atoms. The molecule has 1 amide bonds. The predicted octanol–water partition coefficient (Wildman–Crippen LogP) is 6.61. The number of anilines is 1. The van der Waals surface area contributed by atoms with Gasteiger partial charge in [-0.2, -0.15) is 0 Å². The zero-order valence-electron chi connectivity index (χ0n) is 20.6. The molecule has 2 N–H and O–H groups in total. The summed E-state index contributed by atoms with van der Waals surface area (Å²) in [6, 6.07) is 22.7. The van der Waals surface area contributed by atoms with E-state index < -0.39 is 0 Å². The van der Waals surface area contributed by atoms with Gasteiger partial charge >= 0.3 is 0 Å². The van der Waals surface area contributed by atoms with Crippen LogP contribution in [0.15, 0.2) is 83.4 Å². The van der Waals surface area contributed by atoms with E-state index in [1.807, 2.05) is 91.5 Å². The van der Waals surface area contributed by atoms with Gasteiger partial charge in [0.05, 0.1) is 11.7 Å². The van der Waals surface area contributed by atoms with Gasteiger partial charge in [-0.05, 0) is 80.2 Å². The Labute approximate surface area is 226 Å². The number of carbonyl (C=O) groups is 1. The summed E-state index contributed by atoms with van der Waals surface area (Å²) in [6.07, 6.45) is 2.03. The number of aryl methyl sites for hydroxylation is 2. The van der Waals surface area contributed by atoms with Gasteiger partial charge in [0.2, 0.25) is 5.91 Å². The zero-order chi connectivity index (χ0) is 25.9. The Morgan fingerprint density at radius 3 is 2.68 bits per heavy atom. The number of amides is 1. The van der Waals surface area contributed by atoms with E-state index in [9.17, 15) is 4.79 Å². The van der Waals surface area contributed by atoms with Crippen molar-refractivity contribution in [3.05, 3.63) is 107 Å². The average Bonchev–Trinajstić information content (AvgIpc) is 3.50. The zero-order valence-corrected chi connectivity index (χ0v) is 22.1. The molecule has 6 nitrogen and oxygen atoms in total. The van der Waals surface area contributed by atoms with E-state index in [2.05, 4.69) is 15.6 Å². The summed E-state index contributed by atoms with van der Waals surface area (Å²) in [5.74, 6) is 1.38. The molecular formula is C29H27ClN4O2S. The molecule has 2 aromatic heterocycles. The summed E-state index contributed by atoms with van der Waals surface area (Å²) in [6.45, 7) is 4.46. The van der Waals surface area contributed by atoms with Gasteiger partial charge in [0.15, 0.2) is 5.11 Å². The summed E-state index contributed by atoms with van der Waals surface area (Å²) < 4.78 is 6.41. The van der Waals surface area contributed by atoms with E-state index in [0.717, 1.165) is 39.6 Å². The van der Waals surface area contributed by atoms with Crippen molar-refractivity contribution >= 4 is 40.5 Å². The Morgan fingerprint density at radius 2 is 1.92 bits per heavy atom. The minimum absolute atomic E-state index is 0.0821. The normalized spacial score (nSPS) is 17.1. The number of furan rings is 1. The third kappa shape index (κ3) is 5.53. The van der Waals surface area contributed by atoms with Crippen LogP contribution < -0.4 is 10.6 Å². The van der Waals surface area contributed by atoms with Crippen molar-refractivity contribution in [3.63, 3.8) is 0 Å². The first kappa shape index (κ1) is 25.0. The van der Waals surface area contributed by atoms with Gasteiger partial charge < -0.3 is 20.0 Å². The highest BCUT2D eigenvalue weighted by Gasteiger charge is 2.41. The molecule has 3 heterocycles. The van der Waals surface area contributed by atoms with E-state index in [0.29, 0.717) is 16.7 Å². The Balaban J connectivity index is 1.41. The lowest BCUT2D eigenvalue weighted by atomic mass is 10.0. The van der Waals surface area contributed by atoms with Gasteiger partial charge in [0, 0.05) is 35.4 Å². The highest BCUT2D eigenvalue weighted by atomic mass is 35.5. The van der Waals surface area contributed by atoms with Crippen molar-refractivity contribution in [2.75, 3.05) is 11.9 Å². The second-order valence-corrected chi connectivity index (χ2v) is 9.97. The lowest BCUT2D eigenvalue weighted by Gasteiger charge is -2.25. The number of carbonyl (C=O) groups excluding carboxylic acids is 1. The van der Waals surface area contributed by atoms with E-state index in [4.69, 9.17) is 28.2 Å². The van der Waals surface area contributed by atoms with Crippen molar-refractivity contribution in [1.29, 1.82) is 0 Å². The molecule has 2 aromatic carbocycles. The molecular weight excluding hydrogens is 504 g/mol. The highest BCUT2D eigenvalue weighted by molar-refractivity contribution is 7.80. The van der Waals surface area contributed by atoms with Crippen LogP contribution in [0.1, 0.15) is 41.1 Å². The number of halogens is 1. The van der Waals surface area contributed by atoms with Gasteiger partial charge in [-0.3, -0.25) is 9.78 Å². The first-order valence-electron chi connectivity index (χ1n) is 12.1. The molecule has 0 saturated carbocycles. The van der Waals surface area contributed by atoms with Gasteiger partial charge in [-0.1, -0.05) is 41.4 Å². The fourth-order valence-corrected chi connectivity index (χ4v) is 5.06. The van der Waals surface area contributed by atoms with Crippen molar-refractivity contribution < 1.29 is 9.21 Å². The van der Waals surface area contributed by atoms with Crippen molar-refractivity contribution in [2.24, 2.45) is 0 Å². The van der Waals surface area contributed by atoms with E-state index in [1.54, 1.807) is 6.20 Å². The number of aromatic nitrogens is 1. The number of benzene rings is 2. The summed E-state index contributed by atoms with van der Waals surface area (Å²) in [7, 11) is 0. The smallest absolute Gasteiger partial charge is 0.226 e. The monoisotopic (exact) mass is 530 g/mol. The molecule has 0 radical (unpaired) electrons. The molecule has 0 aliphatic carbocycles. The van der Waals surface area contributed by atoms with Crippen LogP contribution in [-0.2, 0) is 4.79 Å². The first-order chi connectivity index (χ1) is 17.9. The van der Waals surface area contributed by atoms with Crippen LogP contribution in [0.2, 0.25) is 5.02 Å². The minimum Gasteiger partial charge on any atom is -0.459 e. The molecule has 1 saturated heterocycles. The number of hydrogen-bond acceptors (Lipinski definition) is 4.